The van der Waals surface area contributed by atoms with E-state index in [2.05, 4.69) is 32.3 Å². The van der Waals surface area contributed by atoms with E-state index in [0.29, 0.717) is 19.1 Å². The number of anilines is 1. The molecule has 1 amide bonds. The molecule has 1 aliphatic heterocycles. The summed E-state index contributed by atoms with van der Waals surface area (Å²) in [5.74, 6) is 0.189. The molecule has 1 aromatic carbocycles. The van der Waals surface area contributed by atoms with Gasteiger partial charge in [0.15, 0.2) is 0 Å². The second-order valence-corrected chi connectivity index (χ2v) is 6.98. The van der Waals surface area contributed by atoms with Crippen molar-refractivity contribution in [2.75, 3.05) is 32.1 Å². The third kappa shape index (κ3) is 4.05. The van der Waals surface area contributed by atoms with Gasteiger partial charge in [0, 0.05) is 48.0 Å². The number of carbonyl (C=O) groups excluding carboxylic acids is 1. The van der Waals surface area contributed by atoms with Crippen LogP contribution < -0.4 is 5.32 Å². The largest absolute Gasteiger partial charge is 0.384 e. The topological polar surface area (TPSA) is 54.5 Å². The fourth-order valence-corrected chi connectivity index (χ4v) is 3.45. The number of ether oxygens (including phenoxy) is 1. The van der Waals surface area contributed by atoms with Crippen LogP contribution in [0.1, 0.15) is 19.3 Å². The van der Waals surface area contributed by atoms with Crippen molar-refractivity contribution in [3.63, 3.8) is 0 Å². The molecule has 128 valence electrons. The third-order valence-corrected chi connectivity index (χ3v) is 4.92. The SMILES string of the molecule is COCCC(=O)N1CCC(Nc2ccnc3ccc(Br)cc23)CC1. The number of nitrogens with zero attached hydrogens (tertiary/aromatic N) is 2. The minimum atomic E-state index is 0.189. The number of nitrogens with one attached hydrogen (secondary N) is 1. The van der Waals surface area contributed by atoms with Crippen LogP contribution in [0.5, 0.6) is 0 Å². The van der Waals surface area contributed by atoms with Crippen LogP contribution in [0, 0.1) is 0 Å². The van der Waals surface area contributed by atoms with Gasteiger partial charge in [0.2, 0.25) is 5.91 Å². The quantitative estimate of drug-likeness (QED) is 0.847. The standard InChI is InChI=1S/C18H22BrN3O2/c1-24-11-7-18(23)22-9-5-14(6-10-22)21-17-4-8-20-16-3-2-13(19)12-15(16)17/h2-4,8,12,14H,5-7,9-11H2,1H3,(H,20,21). The number of pyridine rings is 1. The summed E-state index contributed by atoms with van der Waals surface area (Å²) >= 11 is 3.53. The summed E-state index contributed by atoms with van der Waals surface area (Å²) in [4.78, 5) is 18.4. The molecule has 0 saturated carbocycles. The molecule has 0 aliphatic carbocycles. The zero-order valence-electron chi connectivity index (χ0n) is 13.8. The Hall–Kier alpha value is -1.66. The zero-order valence-corrected chi connectivity index (χ0v) is 15.4. The van der Waals surface area contributed by atoms with E-state index >= 15 is 0 Å². The number of fused-ring (bicyclic) bond motifs is 1. The Morgan fingerprint density at radius 2 is 2.17 bits per heavy atom. The molecule has 2 aromatic rings. The minimum Gasteiger partial charge on any atom is -0.384 e. The van der Waals surface area contributed by atoms with E-state index < -0.39 is 0 Å². The maximum atomic E-state index is 12.0. The van der Waals surface area contributed by atoms with Crippen molar-refractivity contribution < 1.29 is 9.53 Å². The summed E-state index contributed by atoms with van der Waals surface area (Å²) in [6.45, 7) is 2.09. The summed E-state index contributed by atoms with van der Waals surface area (Å²) < 4.78 is 6.03. The Kier molecular flexibility index (Phi) is 5.68. The molecule has 0 bridgehead atoms. The lowest BCUT2D eigenvalue weighted by molar-refractivity contribution is -0.133. The van der Waals surface area contributed by atoms with Gasteiger partial charge in [-0.3, -0.25) is 9.78 Å². The average molecular weight is 392 g/mol. The molecule has 3 rings (SSSR count). The van der Waals surface area contributed by atoms with Crippen LogP contribution in [0.3, 0.4) is 0 Å². The van der Waals surface area contributed by atoms with E-state index in [1.54, 1.807) is 7.11 Å². The van der Waals surface area contributed by atoms with Crippen LogP contribution in [-0.4, -0.2) is 48.6 Å². The number of halogens is 1. The normalized spacial score (nSPS) is 15.7. The van der Waals surface area contributed by atoms with Crippen molar-refractivity contribution in [1.29, 1.82) is 0 Å². The first kappa shape index (κ1) is 17.2. The van der Waals surface area contributed by atoms with Gasteiger partial charge in [-0.15, -0.1) is 0 Å². The van der Waals surface area contributed by atoms with Crippen LogP contribution in [0.4, 0.5) is 5.69 Å². The highest BCUT2D eigenvalue weighted by Gasteiger charge is 2.22. The van der Waals surface area contributed by atoms with E-state index in [0.717, 1.165) is 47.0 Å². The Morgan fingerprint density at radius 1 is 1.38 bits per heavy atom. The summed E-state index contributed by atoms with van der Waals surface area (Å²) in [6.07, 6.45) is 4.21. The predicted molar refractivity (Wildman–Crippen MR) is 99.2 cm³/mol. The number of piperidine rings is 1. The minimum absolute atomic E-state index is 0.189. The highest BCUT2D eigenvalue weighted by atomic mass is 79.9. The van der Waals surface area contributed by atoms with Crippen LogP contribution >= 0.6 is 15.9 Å². The lowest BCUT2D eigenvalue weighted by atomic mass is 10.0. The Bertz CT molecular complexity index is 714. The number of carbonyl (C=O) groups is 1. The fraction of sp³-hybridized carbons (Fsp3) is 0.444. The first-order valence-corrected chi connectivity index (χ1v) is 9.04. The smallest absolute Gasteiger partial charge is 0.224 e. The highest BCUT2D eigenvalue weighted by Crippen LogP contribution is 2.27. The van der Waals surface area contributed by atoms with Crippen LogP contribution in [0.25, 0.3) is 10.9 Å². The summed E-state index contributed by atoms with van der Waals surface area (Å²) in [5.41, 5.74) is 2.08. The monoisotopic (exact) mass is 391 g/mol. The fourth-order valence-electron chi connectivity index (χ4n) is 3.08. The van der Waals surface area contributed by atoms with Gasteiger partial charge in [0.25, 0.3) is 0 Å². The van der Waals surface area contributed by atoms with Gasteiger partial charge in [-0.25, -0.2) is 0 Å². The van der Waals surface area contributed by atoms with Crippen LogP contribution in [0.15, 0.2) is 34.9 Å². The molecule has 24 heavy (non-hydrogen) atoms. The Labute approximate surface area is 150 Å². The van der Waals surface area contributed by atoms with E-state index in [-0.39, 0.29) is 5.91 Å². The van der Waals surface area contributed by atoms with Crippen molar-refractivity contribution >= 4 is 38.4 Å². The van der Waals surface area contributed by atoms with E-state index in [1.165, 1.54) is 0 Å². The van der Waals surface area contributed by atoms with Gasteiger partial charge in [-0.05, 0) is 37.1 Å². The Morgan fingerprint density at radius 3 is 2.92 bits per heavy atom. The molecule has 1 N–H and O–H groups in total. The number of hydrogen-bond donors (Lipinski definition) is 1. The maximum Gasteiger partial charge on any atom is 0.224 e. The summed E-state index contributed by atoms with van der Waals surface area (Å²) in [5, 5.41) is 4.75. The van der Waals surface area contributed by atoms with Gasteiger partial charge >= 0.3 is 0 Å². The molecule has 0 atom stereocenters. The molecular formula is C18H22BrN3O2. The highest BCUT2D eigenvalue weighted by molar-refractivity contribution is 9.10. The first-order chi connectivity index (χ1) is 11.7. The molecule has 6 heteroatoms. The van der Waals surface area contributed by atoms with E-state index in [9.17, 15) is 4.79 Å². The molecule has 5 nitrogen and oxygen atoms in total. The van der Waals surface area contributed by atoms with Gasteiger partial charge in [-0.1, -0.05) is 15.9 Å². The molecule has 0 radical (unpaired) electrons. The number of likely N-dealkylation sites (tertiary alicyclic amines) is 1. The van der Waals surface area contributed by atoms with E-state index in [1.807, 2.05) is 29.3 Å². The van der Waals surface area contributed by atoms with Gasteiger partial charge in [0.05, 0.1) is 18.5 Å². The van der Waals surface area contributed by atoms with Crippen molar-refractivity contribution in [3.8, 4) is 0 Å². The number of methoxy groups -OCH3 is 1. The average Bonchev–Trinajstić information content (AvgIpc) is 2.61. The van der Waals surface area contributed by atoms with Crippen molar-refractivity contribution in [2.24, 2.45) is 0 Å². The number of aromatic nitrogens is 1. The molecular weight excluding hydrogens is 370 g/mol. The van der Waals surface area contributed by atoms with Gasteiger partial charge in [-0.2, -0.15) is 0 Å². The lowest BCUT2D eigenvalue weighted by Gasteiger charge is -2.33. The predicted octanol–water partition coefficient (Wildman–Crippen LogP) is 3.44. The molecule has 2 heterocycles. The van der Waals surface area contributed by atoms with Crippen molar-refractivity contribution in [2.45, 2.75) is 25.3 Å². The number of benzene rings is 1. The first-order valence-electron chi connectivity index (χ1n) is 8.25. The second kappa shape index (κ2) is 7.94. The second-order valence-electron chi connectivity index (χ2n) is 6.06. The zero-order chi connectivity index (χ0) is 16.9. The van der Waals surface area contributed by atoms with Gasteiger partial charge < -0.3 is 15.0 Å². The molecule has 1 aromatic heterocycles. The van der Waals surface area contributed by atoms with Crippen LogP contribution in [-0.2, 0) is 9.53 Å². The van der Waals surface area contributed by atoms with Crippen molar-refractivity contribution in [1.82, 2.24) is 9.88 Å². The Balaban J connectivity index is 1.62. The molecule has 0 unspecified atom stereocenters. The van der Waals surface area contributed by atoms with E-state index in [4.69, 9.17) is 4.74 Å². The number of rotatable bonds is 5. The molecule has 1 aliphatic rings. The van der Waals surface area contributed by atoms with Crippen molar-refractivity contribution in [3.05, 3.63) is 34.9 Å². The molecule has 1 saturated heterocycles. The maximum absolute atomic E-state index is 12.0. The molecule has 0 spiro atoms. The van der Waals surface area contributed by atoms with Crippen LogP contribution in [0.2, 0.25) is 0 Å². The number of hydrogen-bond acceptors (Lipinski definition) is 4. The van der Waals surface area contributed by atoms with Gasteiger partial charge in [0.1, 0.15) is 0 Å². The third-order valence-electron chi connectivity index (χ3n) is 4.43. The number of amides is 1. The molecule has 1 fully saturated rings. The lowest BCUT2D eigenvalue weighted by Crippen LogP contribution is -2.42. The summed E-state index contributed by atoms with van der Waals surface area (Å²) in [7, 11) is 1.63. The summed E-state index contributed by atoms with van der Waals surface area (Å²) in [6, 6.07) is 8.50.